The zero-order valence-corrected chi connectivity index (χ0v) is 15.8. The molecule has 2 aromatic rings. The van der Waals surface area contributed by atoms with Gasteiger partial charge in [0.2, 0.25) is 0 Å². The van der Waals surface area contributed by atoms with Gasteiger partial charge in [0.25, 0.3) is 0 Å². The normalized spacial score (nSPS) is 17.2. The second-order valence-electron chi connectivity index (χ2n) is 7.83. The highest BCUT2D eigenvalue weighted by atomic mass is 16.6. The summed E-state index contributed by atoms with van der Waals surface area (Å²) in [6.45, 7) is 8.19. The van der Waals surface area contributed by atoms with Crippen LogP contribution in [-0.2, 0) is 10.3 Å². The minimum Gasteiger partial charge on any atom is -0.444 e. The summed E-state index contributed by atoms with van der Waals surface area (Å²) >= 11 is 0. The molecule has 1 saturated heterocycles. The van der Waals surface area contributed by atoms with Crippen LogP contribution in [0, 0.1) is 6.92 Å². The van der Waals surface area contributed by atoms with E-state index in [0.29, 0.717) is 42.9 Å². The van der Waals surface area contributed by atoms with Crippen LogP contribution < -0.4 is 0 Å². The second-order valence-corrected chi connectivity index (χ2v) is 7.83. The molecule has 0 atom stereocenters. The molecule has 0 unspecified atom stereocenters. The van der Waals surface area contributed by atoms with Crippen LogP contribution in [0.15, 0.2) is 34.9 Å². The lowest BCUT2D eigenvalue weighted by atomic mass is 9.82. The summed E-state index contributed by atoms with van der Waals surface area (Å²) in [4.78, 5) is 13.9. The van der Waals surface area contributed by atoms with Crippen LogP contribution in [0.3, 0.4) is 0 Å². The summed E-state index contributed by atoms with van der Waals surface area (Å²) in [6, 6.07) is 9.68. The van der Waals surface area contributed by atoms with E-state index in [1.165, 1.54) is 0 Å². The van der Waals surface area contributed by atoms with Crippen molar-refractivity contribution >= 4 is 6.09 Å². The summed E-state index contributed by atoms with van der Waals surface area (Å²) in [5.41, 5.74) is 0.677. The second kappa shape index (κ2) is 6.76. The van der Waals surface area contributed by atoms with Gasteiger partial charge < -0.3 is 19.3 Å². The number of hydrogen-bond acceptors (Lipinski definition) is 5. The first-order valence-electron chi connectivity index (χ1n) is 8.92. The van der Waals surface area contributed by atoms with Gasteiger partial charge in [-0.25, -0.2) is 4.79 Å². The standard InChI is InChI=1S/C20H26N2O4/c1-14-16(17(21-26-14)15-8-6-5-7-9-15)20(24)10-12-22(13-11-20)18(23)25-19(2,3)4/h5-9,24H,10-13H2,1-4H3. The van der Waals surface area contributed by atoms with Crippen molar-refractivity contribution in [3.63, 3.8) is 0 Å². The van der Waals surface area contributed by atoms with E-state index in [2.05, 4.69) is 5.16 Å². The highest BCUT2D eigenvalue weighted by molar-refractivity contribution is 5.69. The molecule has 1 aromatic carbocycles. The molecule has 1 N–H and O–H groups in total. The predicted octanol–water partition coefficient (Wildman–Crippen LogP) is 3.87. The number of ether oxygens (including phenoxy) is 1. The van der Waals surface area contributed by atoms with Crippen LogP contribution in [0.1, 0.15) is 44.9 Å². The molecule has 140 valence electrons. The smallest absolute Gasteiger partial charge is 0.410 e. The number of aryl methyl sites for hydroxylation is 1. The number of aromatic nitrogens is 1. The molecular weight excluding hydrogens is 332 g/mol. The highest BCUT2D eigenvalue weighted by Gasteiger charge is 2.41. The van der Waals surface area contributed by atoms with Crippen LogP contribution >= 0.6 is 0 Å². The largest absolute Gasteiger partial charge is 0.444 e. The number of benzene rings is 1. The summed E-state index contributed by atoms with van der Waals surface area (Å²) in [5.74, 6) is 0.608. The number of hydrogen-bond donors (Lipinski definition) is 1. The first-order valence-corrected chi connectivity index (χ1v) is 8.92. The van der Waals surface area contributed by atoms with Gasteiger partial charge in [0.15, 0.2) is 0 Å². The van der Waals surface area contributed by atoms with E-state index < -0.39 is 11.2 Å². The Morgan fingerprint density at radius 2 is 1.85 bits per heavy atom. The minimum absolute atomic E-state index is 0.343. The molecule has 0 saturated carbocycles. The van der Waals surface area contributed by atoms with E-state index in [4.69, 9.17) is 9.26 Å². The van der Waals surface area contributed by atoms with Gasteiger partial charge in [0.1, 0.15) is 17.1 Å². The van der Waals surface area contributed by atoms with Crippen molar-refractivity contribution in [1.29, 1.82) is 0 Å². The van der Waals surface area contributed by atoms with Gasteiger partial charge in [-0.05, 0) is 40.5 Å². The topological polar surface area (TPSA) is 75.8 Å². The van der Waals surface area contributed by atoms with E-state index >= 15 is 0 Å². The summed E-state index contributed by atoms with van der Waals surface area (Å²) in [6.07, 6.45) is 0.479. The maximum Gasteiger partial charge on any atom is 0.410 e. The molecule has 1 fully saturated rings. The lowest BCUT2D eigenvalue weighted by molar-refractivity contribution is -0.0360. The fraction of sp³-hybridized carbons (Fsp3) is 0.500. The number of piperidine rings is 1. The van der Waals surface area contributed by atoms with Crippen molar-refractivity contribution in [2.75, 3.05) is 13.1 Å². The average Bonchev–Trinajstić information content (AvgIpc) is 2.97. The third-order valence-corrected chi connectivity index (χ3v) is 4.62. The quantitative estimate of drug-likeness (QED) is 0.882. The molecule has 1 amide bonds. The monoisotopic (exact) mass is 358 g/mol. The SMILES string of the molecule is Cc1onc(-c2ccccc2)c1C1(O)CCN(C(=O)OC(C)(C)C)CC1. The van der Waals surface area contributed by atoms with E-state index in [1.807, 2.05) is 58.0 Å². The van der Waals surface area contributed by atoms with Gasteiger partial charge >= 0.3 is 6.09 Å². The van der Waals surface area contributed by atoms with Crippen molar-refractivity contribution in [1.82, 2.24) is 10.1 Å². The summed E-state index contributed by atoms with van der Waals surface area (Å²) in [7, 11) is 0. The number of amides is 1. The van der Waals surface area contributed by atoms with E-state index in [0.717, 1.165) is 5.56 Å². The molecule has 2 heterocycles. The van der Waals surface area contributed by atoms with Gasteiger partial charge in [-0.2, -0.15) is 0 Å². The van der Waals surface area contributed by atoms with Crippen LogP contribution in [-0.4, -0.2) is 39.9 Å². The zero-order valence-electron chi connectivity index (χ0n) is 15.8. The van der Waals surface area contributed by atoms with Gasteiger partial charge in [0, 0.05) is 18.7 Å². The zero-order chi connectivity index (χ0) is 18.9. The molecule has 0 radical (unpaired) electrons. The Bertz CT molecular complexity index is 769. The van der Waals surface area contributed by atoms with Gasteiger partial charge in [-0.3, -0.25) is 0 Å². The van der Waals surface area contributed by atoms with E-state index in [-0.39, 0.29) is 6.09 Å². The van der Waals surface area contributed by atoms with E-state index in [1.54, 1.807) is 4.90 Å². The maximum absolute atomic E-state index is 12.3. The molecule has 1 aliphatic rings. The molecule has 0 aliphatic carbocycles. The molecular formula is C20H26N2O4. The van der Waals surface area contributed by atoms with Crippen LogP contribution in [0.25, 0.3) is 11.3 Å². The molecule has 0 spiro atoms. The third kappa shape index (κ3) is 3.75. The molecule has 26 heavy (non-hydrogen) atoms. The van der Waals surface area contributed by atoms with Crippen molar-refractivity contribution in [2.24, 2.45) is 0 Å². The Morgan fingerprint density at radius 3 is 2.42 bits per heavy atom. The number of carbonyl (C=O) groups excluding carboxylic acids is 1. The molecule has 6 heteroatoms. The predicted molar refractivity (Wildman–Crippen MR) is 97.6 cm³/mol. The van der Waals surface area contributed by atoms with Crippen LogP contribution in [0.2, 0.25) is 0 Å². The van der Waals surface area contributed by atoms with E-state index in [9.17, 15) is 9.90 Å². The number of aliphatic hydroxyl groups is 1. The summed E-state index contributed by atoms with van der Waals surface area (Å²) < 4.78 is 10.8. The van der Waals surface area contributed by atoms with Crippen molar-refractivity contribution < 1.29 is 19.2 Å². The number of carbonyl (C=O) groups is 1. The van der Waals surface area contributed by atoms with Crippen molar-refractivity contribution in [3.8, 4) is 11.3 Å². The fourth-order valence-electron chi connectivity index (χ4n) is 3.35. The van der Waals surface area contributed by atoms with Crippen molar-refractivity contribution in [3.05, 3.63) is 41.7 Å². The minimum atomic E-state index is -1.08. The fourth-order valence-corrected chi connectivity index (χ4v) is 3.35. The Morgan fingerprint density at radius 1 is 1.23 bits per heavy atom. The Labute approximate surface area is 153 Å². The van der Waals surface area contributed by atoms with Crippen molar-refractivity contribution in [2.45, 2.75) is 51.7 Å². The van der Waals surface area contributed by atoms with Crippen LogP contribution in [0.4, 0.5) is 4.79 Å². The molecule has 0 bridgehead atoms. The molecule has 3 rings (SSSR count). The number of likely N-dealkylation sites (tertiary alicyclic amines) is 1. The number of rotatable bonds is 2. The lowest BCUT2D eigenvalue weighted by Gasteiger charge is -2.38. The Balaban J connectivity index is 1.80. The summed E-state index contributed by atoms with van der Waals surface area (Å²) in [5, 5.41) is 15.5. The Kier molecular flexibility index (Phi) is 4.80. The molecule has 1 aromatic heterocycles. The first kappa shape index (κ1) is 18.5. The number of nitrogens with zero attached hydrogens (tertiary/aromatic N) is 2. The third-order valence-electron chi connectivity index (χ3n) is 4.62. The van der Waals surface area contributed by atoms with Gasteiger partial charge in [-0.1, -0.05) is 35.5 Å². The first-order chi connectivity index (χ1) is 12.2. The molecule has 1 aliphatic heterocycles. The molecule has 6 nitrogen and oxygen atoms in total. The van der Waals surface area contributed by atoms with Gasteiger partial charge in [-0.15, -0.1) is 0 Å². The lowest BCUT2D eigenvalue weighted by Crippen LogP contribution is -2.47. The van der Waals surface area contributed by atoms with Gasteiger partial charge in [0.05, 0.1) is 11.2 Å². The highest BCUT2D eigenvalue weighted by Crippen LogP contribution is 2.40. The Hall–Kier alpha value is -2.34. The maximum atomic E-state index is 12.3. The average molecular weight is 358 g/mol. The van der Waals surface area contributed by atoms with Crippen LogP contribution in [0.5, 0.6) is 0 Å².